The van der Waals surface area contributed by atoms with Crippen LogP contribution in [0.5, 0.6) is 5.75 Å². The van der Waals surface area contributed by atoms with E-state index >= 15 is 9.59 Å². The first-order valence-corrected chi connectivity index (χ1v) is 32.2. The van der Waals surface area contributed by atoms with Gasteiger partial charge in [-0.3, -0.25) is 62.7 Å². The molecule has 4 aromatic carbocycles. The predicted molar refractivity (Wildman–Crippen MR) is 360 cm³/mol. The summed E-state index contributed by atoms with van der Waals surface area (Å²) in [5.41, 5.74) is 19.2. The van der Waals surface area contributed by atoms with Crippen molar-refractivity contribution in [3.05, 3.63) is 114 Å². The highest BCUT2D eigenvalue weighted by atomic mass is 16.3. The van der Waals surface area contributed by atoms with E-state index in [0.717, 1.165) is 10.8 Å². The molecule has 11 amide bonds. The monoisotopic (exact) mass is 1340 g/mol. The van der Waals surface area contributed by atoms with Gasteiger partial charge in [0.1, 0.15) is 66.5 Å². The molecular formula is C67H85N17O13. The molecule has 0 unspecified atom stereocenters. The van der Waals surface area contributed by atoms with Crippen LogP contribution in [0.2, 0.25) is 0 Å². The SMILES string of the molecule is CC(C)C[C@@H](C(=O)N[C@@H](CCCN=C(N)N)C(=O)N1CCC[C@H]1C(=O)NCC(N)=O)N(C)C(=O)[C@@H](Cc1ccc2ccccc2c1)NC(=O)[C@H](Cc1ccc(O)cc1)NC(=O)[C@H](CO)NC(=O)[C@H](Cc1c[nH]c2ccccc12)NC(=O)[C@H](CC1=NC=NC1)NC(=O)[C@@H]1CCC(=O)N1. The summed E-state index contributed by atoms with van der Waals surface area (Å²) in [6, 6.07) is 13.6. The fourth-order valence-corrected chi connectivity index (χ4v) is 12.0. The zero-order valence-corrected chi connectivity index (χ0v) is 54.3. The lowest BCUT2D eigenvalue weighted by Gasteiger charge is -2.34. The molecule has 0 aliphatic carbocycles. The van der Waals surface area contributed by atoms with E-state index < -0.39 is 127 Å². The maximum Gasteiger partial charge on any atom is 0.245 e. The van der Waals surface area contributed by atoms with Crippen LogP contribution in [0, 0.1) is 5.92 Å². The number of phenols is 1. The Labute approximate surface area is 559 Å². The number of phenolic OH excluding ortho intramolecular Hbond substituents is 1. The summed E-state index contributed by atoms with van der Waals surface area (Å²) < 4.78 is 0. The van der Waals surface area contributed by atoms with Gasteiger partial charge in [-0.25, -0.2) is 4.99 Å². The average molecular weight is 1340 g/mol. The highest BCUT2D eigenvalue weighted by Gasteiger charge is 2.41. The molecule has 0 saturated carbocycles. The lowest BCUT2D eigenvalue weighted by atomic mass is 9.97. The molecule has 30 heteroatoms. The van der Waals surface area contributed by atoms with Crippen molar-refractivity contribution in [2.75, 3.05) is 39.8 Å². The van der Waals surface area contributed by atoms with Crippen LogP contribution in [0.3, 0.4) is 0 Å². The summed E-state index contributed by atoms with van der Waals surface area (Å²) in [5.74, 6) is -8.85. The minimum absolute atomic E-state index is 0.00397. The van der Waals surface area contributed by atoms with E-state index in [1.54, 1.807) is 36.5 Å². The first-order chi connectivity index (χ1) is 46.4. The number of aromatic nitrogens is 1. The van der Waals surface area contributed by atoms with Crippen molar-refractivity contribution in [2.45, 2.75) is 139 Å². The average Bonchev–Trinajstić information content (AvgIpc) is 1.83. The second-order valence-corrected chi connectivity index (χ2v) is 24.8. The number of aromatic hydroxyl groups is 1. The second-order valence-electron chi connectivity index (χ2n) is 24.8. The fourth-order valence-electron chi connectivity index (χ4n) is 12.0. The maximum absolute atomic E-state index is 15.5. The number of aliphatic imine (C=N–C) groups is 3. The summed E-state index contributed by atoms with van der Waals surface area (Å²) in [6.45, 7) is 2.52. The lowest BCUT2D eigenvalue weighted by Crippen LogP contribution is -2.61. The number of benzene rings is 4. The van der Waals surface area contributed by atoms with Gasteiger partial charge in [-0.1, -0.05) is 86.6 Å². The number of likely N-dealkylation sites (N-methyl/N-ethyl adjacent to an activating group) is 1. The Morgan fingerprint density at radius 1 is 0.711 bits per heavy atom. The first kappa shape index (κ1) is 72.1. The van der Waals surface area contributed by atoms with E-state index in [-0.39, 0.29) is 107 Å². The summed E-state index contributed by atoms with van der Waals surface area (Å²) in [4.78, 5) is 173. The Morgan fingerprint density at radius 3 is 2.00 bits per heavy atom. The van der Waals surface area contributed by atoms with Crippen LogP contribution in [0.1, 0.15) is 81.9 Å². The molecule has 5 aromatic rings. The number of carbonyl (C=O) groups excluding carboxylic acids is 11. The number of amides is 11. The Morgan fingerprint density at radius 2 is 1.34 bits per heavy atom. The van der Waals surface area contributed by atoms with Crippen molar-refractivity contribution >= 4 is 105 Å². The minimum atomic E-state index is -1.80. The number of hydrogen-bond acceptors (Lipinski definition) is 16. The summed E-state index contributed by atoms with van der Waals surface area (Å²) >= 11 is 0. The van der Waals surface area contributed by atoms with E-state index in [1.807, 2.05) is 50.2 Å². The number of aliphatic hydroxyl groups excluding tert-OH is 1. The van der Waals surface area contributed by atoms with Gasteiger partial charge in [0.05, 0.1) is 19.7 Å². The van der Waals surface area contributed by atoms with Crippen LogP contribution in [-0.2, 0) is 72.0 Å². The molecule has 4 heterocycles. The van der Waals surface area contributed by atoms with E-state index in [1.165, 1.54) is 47.5 Å². The first-order valence-electron chi connectivity index (χ1n) is 32.2. The quantitative estimate of drug-likeness (QED) is 0.0131. The third kappa shape index (κ3) is 20.1. The number of rotatable bonds is 33. The Bertz CT molecular complexity index is 3810. The molecule has 2 fully saturated rings. The number of aromatic amines is 1. The molecule has 9 atom stereocenters. The van der Waals surface area contributed by atoms with Gasteiger partial charge in [0.25, 0.3) is 0 Å². The molecule has 1 aromatic heterocycles. The molecule has 8 rings (SSSR count). The number of nitrogens with zero attached hydrogens (tertiary/aromatic N) is 5. The van der Waals surface area contributed by atoms with Gasteiger partial charge in [0, 0.05) is 75.1 Å². The molecule has 30 nitrogen and oxygen atoms in total. The molecular weight excluding hydrogens is 1250 g/mol. The number of carbonyl (C=O) groups is 11. The van der Waals surface area contributed by atoms with Gasteiger partial charge in [-0.15, -0.1) is 0 Å². The van der Waals surface area contributed by atoms with Gasteiger partial charge in [0.15, 0.2) is 5.96 Å². The molecule has 2 saturated heterocycles. The lowest BCUT2D eigenvalue weighted by molar-refractivity contribution is -0.145. The minimum Gasteiger partial charge on any atom is -0.508 e. The molecule has 516 valence electrons. The van der Waals surface area contributed by atoms with Crippen molar-refractivity contribution in [3.63, 3.8) is 0 Å². The normalized spacial score (nSPS) is 17.1. The number of primary amides is 1. The van der Waals surface area contributed by atoms with Gasteiger partial charge >= 0.3 is 0 Å². The Hall–Kier alpha value is -10.8. The number of para-hydroxylation sites is 1. The zero-order chi connectivity index (χ0) is 69.9. The summed E-state index contributed by atoms with van der Waals surface area (Å²) in [6.07, 6.45) is 3.42. The van der Waals surface area contributed by atoms with Gasteiger partial charge < -0.3 is 84.7 Å². The smallest absolute Gasteiger partial charge is 0.245 e. The molecule has 17 N–H and O–H groups in total. The van der Waals surface area contributed by atoms with Crippen molar-refractivity contribution in [1.29, 1.82) is 0 Å². The number of nitrogens with two attached hydrogens (primary N) is 3. The zero-order valence-electron chi connectivity index (χ0n) is 54.3. The number of guanidine groups is 1. The van der Waals surface area contributed by atoms with Crippen molar-refractivity contribution < 1.29 is 63.0 Å². The summed E-state index contributed by atoms with van der Waals surface area (Å²) in [5, 5.41) is 45.0. The Balaban J connectivity index is 1.07. The van der Waals surface area contributed by atoms with Crippen LogP contribution in [0.4, 0.5) is 0 Å². The highest BCUT2D eigenvalue weighted by molar-refractivity contribution is 6.03. The number of nitrogens with one attached hydrogen (secondary N) is 9. The van der Waals surface area contributed by atoms with Crippen molar-refractivity contribution in [1.82, 2.24) is 57.3 Å². The van der Waals surface area contributed by atoms with Crippen LogP contribution < -0.4 is 59.7 Å². The molecule has 97 heavy (non-hydrogen) atoms. The fraction of sp³-hybridized carbons (Fsp3) is 0.433. The number of hydrogen-bond donors (Lipinski definition) is 14. The molecule has 3 aliphatic rings. The molecule has 0 spiro atoms. The largest absolute Gasteiger partial charge is 0.508 e. The predicted octanol–water partition coefficient (Wildman–Crippen LogP) is -1.37. The van der Waals surface area contributed by atoms with Crippen LogP contribution in [0.25, 0.3) is 21.7 Å². The third-order valence-corrected chi connectivity index (χ3v) is 17.1. The van der Waals surface area contributed by atoms with Crippen LogP contribution in [-0.4, -0.2) is 202 Å². The van der Waals surface area contributed by atoms with E-state index in [4.69, 9.17) is 17.2 Å². The van der Waals surface area contributed by atoms with Crippen molar-refractivity contribution in [3.8, 4) is 5.75 Å². The van der Waals surface area contributed by atoms with Gasteiger partial charge in [-0.2, -0.15) is 0 Å². The maximum atomic E-state index is 15.5. The van der Waals surface area contributed by atoms with Crippen LogP contribution >= 0.6 is 0 Å². The topological polar surface area (TPSA) is 462 Å². The number of aliphatic hydroxyl groups is 1. The molecule has 3 aliphatic heterocycles. The highest BCUT2D eigenvalue weighted by Crippen LogP contribution is 2.24. The third-order valence-electron chi connectivity index (χ3n) is 17.1. The molecule has 0 bridgehead atoms. The number of H-pyrrole nitrogens is 1. The van der Waals surface area contributed by atoms with Crippen LogP contribution in [0.15, 0.2) is 112 Å². The van der Waals surface area contributed by atoms with E-state index in [2.05, 4.69) is 62.5 Å². The van der Waals surface area contributed by atoms with Gasteiger partial charge in [0.2, 0.25) is 65.0 Å². The van der Waals surface area contributed by atoms with Gasteiger partial charge in [-0.05, 0) is 90.1 Å². The second kappa shape index (κ2) is 34.1. The summed E-state index contributed by atoms with van der Waals surface area (Å²) in [7, 11) is 1.38. The number of likely N-dealkylation sites (tertiary alicyclic amines) is 1. The van der Waals surface area contributed by atoms with E-state index in [9.17, 15) is 53.4 Å². The van der Waals surface area contributed by atoms with Crippen molar-refractivity contribution in [2.24, 2.45) is 38.1 Å². The number of fused-ring (bicyclic) bond motifs is 2. The van der Waals surface area contributed by atoms with E-state index in [0.29, 0.717) is 39.7 Å². The Kier molecular flexibility index (Phi) is 25.3. The standard InChI is InChI=1S/C67H85N17O13/c1-37(2)26-55(64(95)77-48(14-8-24-72-67(69)70)66(97)84-25-9-15-54(84)63(94)74-34-56(68)87)83(3)65(96)52(29-39-16-19-40-10-4-5-11-41(40)27-39)81-59(90)49(28-38-17-20-44(86)21-18-38)78-62(93)53(35-85)82-60(91)50(30-42-32-73-46-13-7-6-12-45(42)46)79-61(92)51(31-43-33-71-36-75-43)80-58(89)47-22-23-57(88)76-47/h4-7,10-13,16-21,27,32,36-37,47-55,73,85-86H,8-9,14-15,22-26,28-31,33-35H2,1-3H3,(H2,68,87)(H,74,94)(H,76,88)(H,77,95)(H,78,93)(H,79,92)(H,80,89)(H,81,90)(H,82,91)(H4,69,70,72)/t47-,48-,49-,50-,51-,52+,53-,54-,55-/m0/s1. The molecule has 0 radical (unpaired) electrons.